The largest absolute Gasteiger partial charge is 0.478 e. The highest BCUT2D eigenvalue weighted by Gasteiger charge is 2.31. The van der Waals surface area contributed by atoms with E-state index < -0.39 is 5.97 Å². The average Bonchev–Trinajstić information content (AvgIpc) is 2.77. The number of rotatable bonds is 3. The van der Waals surface area contributed by atoms with Crippen molar-refractivity contribution in [1.29, 1.82) is 0 Å². The minimum Gasteiger partial charge on any atom is -0.478 e. The molecular weight excluding hydrogens is 226 g/mol. The van der Waals surface area contributed by atoms with Gasteiger partial charge >= 0.3 is 5.97 Å². The molecule has 17 heavy (non-hydrogen) atoms. The Balaban J connectivity index is 2.29. The molecule has 90 valence electrons. The minimum atomic E-state index is -1.12. The molecular formula is C10H11N3O4. The van der Waals surface area contributed by atoms with Crippen molar-refractivity contribution in [2.24, 2.45) is 7.05 Å². The summed E-state index contributed by atoms with van der Waals surface area (Å²) >= 11 is 0. The lowest BCUT2D eigenvalue weighted by atomic mass is 10.2. The normalized spacial score (nSPS) is 15.7. The number of likely N-dealkylation sites (tertiary alicyclic amines) is 1. The third-order valence-electron chi connectivity index (χ3n) is 2.75. The Morgan fingerprint density at radius 2 is 2.00 bits per heavy atom. The number of carboxylic acids is 1. The van der Waals surface area contributed by atoms with E-state index in [2.05, 4.69) is 5.10 Å². The van der Waals surface area contributed by atoms with Gasteiger partial charge in [0.2, 0.25) is 11.8 Å². The van der Waals surface area contributed by atoms with Gasteiger partial charge in [-0.3, -0.25) is 19.2 Å². The van der Waals surface area contributed by atoms with Gasteiger partial charge in [-0.15, -0.1) is 0 Å². The summed E-state index contributed by atoms with van der Waals surface area (Å²) in [6.07, 6.45) is 1.60. The van der Waals surface area contributed by atoms with Crippen LogP contribution in [0, 0.1) is 0 Å². The van der Waals surface area contributed by atoms with Crippen LogP contribution in [0.1, 0.15) is 28.9 Å². The molecule has 7 heteroatoms. The maximum Gasteiger partial charge on any atom is 0.339 e. The molecule has 0 atom stereocenters. The van der Waals surface area contributed by atoms with E-state index in [1.165, 1.54) is 10.9 Å². The van der Waals surface area contributed by atoms with E-state index >= 15 is 0 Å². The summed E-state index contributed by atoms with van der Waals surface area (Å²) in [5.41, 5.74) is 0.362. The van der Waals surface area contributed by atoms with E-state index in [9.17, 15) is 14.4 Å². The van der Waals surface area contributed by atoms with Crippen LogP contribution in [0.2, 0.25) is 0 Å². The van der Waals surface area contributed by atoms with Crippen LogP contribution in [0.15, 0.2) is 6.20 Å². The van der Waals surface area contributed by atoms with Crippen molar-refractivity contribution in [3.05, 3.63) is 17.5 Å². The highest BCUT2D eigenvalue weighted by molar-refractivity contribution is 6.02. The molecule has 0 aliphatic carbocycles. The van der Waals surface area contributed by atoms with E-state index in [-0.39, 0.29) is 36.8 Å². The van der Waals surface area contributed by atoms with Crippen LogP contribution < -0.4 is 0 Å². The number of carbonyl (C=O) groups is 3. The Hall–Kier alpha value is -2.18. The summed E-state index contributed by atoms with van der Waals surface area (Å²) in [5.74, 6) is -1.66. The molecule has 2 rings (SSSR count). The van der Waals surface area contributed by atoms with Gasteiger partial charge in [0.1, 0.15) is 5.56 Å². The third-order valence-corrected chi connectivity index (χ3v) is 2.75. The van der Waals surface area contributed by atoms with Crippen molar-refractivity contribution in [3.8, 4) is 0 Å². The zero-order valence-corrected chi connectivity index (χ0v) is 9.21. The SMILES string of the molecule is Cn1ncc(C(=O)O)c1CN1C(=O)CCC1=O. The number of carbonyl (C=O) groups excluding carboxylic acids is 2. The van der Waals surface area contributed by atoms with Crippen LogP contribution in [0.4, 0.5) is 0 Å². The van der Waals surface area contributed by atoms with Crippen LogP contribution in [0.25, 0.3) is 0 Å². The monoisotopic (exact) mass is 237 g/mol. The molecule has 0 bridgehead atoms. The molecule has 2 amide bonds. The first-order valence-corrected chi connectivity index (χ1v) is 5.08. The fourth-order valence-electron chi connectivity index (χ4n) is 1.78. The molecule has 0 aromatic carbocycles. The molecule has 1 aliphatic rings. The van der Waals surface area contributed by atoms with Crippen LogP contribution in [-0.2, 0) is 23.2 Å². The number of aromatic carboxylic acids is 1. The van der Waals surface area contributed by atoms with E-state index in [1.54, 1.807) is 7.05 Å². The van der Waals surface area contributed by atoms with Gasteiger partial charge < -0.3 is 5.11 Å². The quantitative estimate of drug-likeness (QED) is 0.733. The molecule has 0 unspecified atom stereocenters. The molecule has 1 aromatic rings. The summed E-state index contributed by atoms with van der Waals surface area (Å²) in [5, 5.41) is 12.8. The van der Waals surface area contributed by atoms with Gasteiger partial charge in [-0.2, -0.15) is 5.10 Å². The number of hydrogen-bond acceptors (Lipinski definition) is 4. The molecule has 0 spiro atoms. The number of aromatic nitrogens is 2. The van der Waals surface area contributed by atoms with E-state index in [0.29, 0.717) is 5.69 Å². The van der Waals surface area contributed by atoms with Crippen LogP contribution in [-0.4, -0.2) is 37.6 Å². The van der Waals surface area contributed by atoms with Crippen LogP contribution in [0.5, 0.6) is 0 Å². The second-order valence-corrected chi connectivity index (χ2v) is 3.81. The summed E-state index contributed by atoms with van der Waals surface area (Å²) in [4.78, 5) is 34.9. The molecule has 0 saturated carbocycles. The van der Waals surface area contributed by atoms with Gasteiger partial charge in [0.25, 0.3) is 0 Å². The lowest BCUT2D eigenvalue weighted by molar-refractivity contribution is -0.139. The first-order valence-electron chi connectivity index (χ1n) is 5.08. The second kappa shape index (κ2) is 4.00. The number of imide groups is 1. The molecule has 1 aromatic heterocycles. The Bertz CT molecular complexity index is 490. The minimum absolute atomic E-state index is 0.0139. The molecule has 2 heterocycles. The van der Waals surface area contributed by atoms with E-state index in [4.69, 9.17) is 5.11 Å². The second-order valence-electron chi connectivity index (χ2n) is 3.81. The maximum atomic E-state index is 11.4. The fraction of sp³-hybridized carbons (Fsp3) is 0.400. The molecule has 1 fully saturated rings. The highest BCUT2D eigenvalue weighted by Crippen LogP contribution is 2.17. The lowest BCUT2D eigenvalue weighted by Gasteiger charge is -2.14. The first-order chi connectivity index (χ1) is 8.00. The smallest absolute Gasteiger partial charge is 0.339 e. The molecule has 1 aliphatic heterocycles. The zero-order valence-electron chi connectivity index (χ0n) is 9.21. The van der Waals surface area contributed by atoms with Crippen LogP contribution in [0.3, 0.4) is 0 Å². The van der Waals surface area contributed by atoms with Crippen molar-refractivity contribution >= 4 is 17.8 Å². The maximum absolute atomic E-state index is 11.4. The van der Waals surface area contributed by atoms with E-state index in [0.717, 1.165) is 4.90 Å². The molecule has 0 radical (unpaired) electrons. The van der Waals surface area contributed by atoms with Gasteiger partial charge in [-0.1, -0.05) is 0 Å². The summed E-state index contributed by atoms with van der Waals surface area (Å²) in [6, 6.07) is 0. The number of nitrogens with zero attached hydrogens (tertiary/aromatic N) is 3. The van der Waals surface area contributed by atoms with Gasteiger partial charge in [0, 0.05) is 19.9 Å². The summed E-state index contributed by atoms with van der Waals surface area (Å²) in [7, 11) is 1.58. The Morgan fingerprint density at radius 1 is 1.41 bits per heavy atom. The topological polar surface area (TPSA) is 92.5 Å². The van der Waals surface area contributed by atoms with Gasteiger partial charge in [0.15, 0.2) is 0 Å². The molecule has 7 nitrogen and oxygen atoms in total. The standard InChI is InChI=1S/C10H11N3O4/c1-12-7(6(4-11-12)10(16)17)5-13-8(14)2-3-9(13)15/h4H,2-3,5H2,1H3,(H,16,17). The molecule has 1 N–H and O–H groups in total. The van der Waals surface area contributed by atoms with Gasteiger partial charge in [-0.25, -0.2) is 4.79 Å². The fourth-order valence-corrected chi connectivity index (χ4v) is 1.78. The Morgan fingerprint density at radius 3 is 2.53 bits per heavy atom. The van der Waals surface area contributed by atoms with Crippen molar-refractivity contribution in [3.63, 3.8) is 0 Å². The number of aryl methyl sites for hydroxylation is 1. The van der Waals surface area contributed by atoms with Crippen molar-refractivity contribution in [1.82, 2.24) is 14.7 Å². The molecule has 1 saturated heterocycles. The van der Waals surface area contributed by atoms with Gasteiger partial charge in [0.05, 0.1) is 18.4 Å². The Kier molecular flexibility index (Phi) is 2.66. The van der Waals surface area contributed by atoms with Crippen LogP contribution >= 0.6 is 0 Å². The van der Waals surface area contributed by atoms with E-state index in [1.807, 2.05) is 0 Å². The lowest BCUT2D eigenvalue weighted by Crippen LogP contribution is -2.30. The number of carboxylic acid groups (broad SMARTS) is 1. The van der Waals surface area contributed by atoms with Gasteiger partial charge in [-0.05, 0) is 0 Å². The van der Waals surface area contributed by atoms with Crippen molar-refractivity contribution in [2.45, 2.75) is 19.4 Å². The third kappa shape index (κ3) is 1.91. The zero-order chi connectivity index (χ0) is 12.6. The van der Waals surface area contributed by atoms with Crippen molar-refractivity contribution in [2.75, 3.05) is 0 Å². The predicted molar refractivity (Wildman–Crippen MR) is 55.0 cm³/mol. The highest BCUT2D eigenvalue weighted by atomic mass is 16.4. The van der Waals surface area contributed by atoms with Crippen molar-refractivity contribution < 1.29 is 19.5 Å². The number of hydrogen-bond donors (Lipinski definition) is 1. The Labute approximate surface area is 96.6 Å². The average molecular weight is 237 g/mol. The summed E-state index contributed by atoms with van der Waals surface area (Å²) in [6.45, 7) is -0.0319. The summed E-state index contributed by atoms with van der Waals surface area (Å²) < 4.78 is 1.36. The predicted octanol–water partition coefficient (Wildman–Crippen LogP) is -0.233. The number of amides is 2. The first kappa shape index (κ1) is 11.3.